The molecule has 3 aromatic rings. The fourth-order valence-corrected chi connectivity index (χ4v) is 2.84. The number of hydrogen-bond acceptors (Lipinski definition) is 3. The Morgan fingerprint density at radius 2 is 2.05 bits per heavy atom. The number of aryl methyl sites for hydroxylation is 1. The third-order valence-electron chi connectivity index (χ3n) is 4.05. The van der Waals surface area contributed by atoms with Gasteiger partial charge in [0.25, 0.3) is 0 Å². The van der Waals surface area contributed by atoms with Gasteiger partial charge in [-0.15, -0.1) is 0 Å². The predicted molar refractivity (Wildman–Crippen MR) is 84.5 cm³/mol. The van der Waals surface area contributed by atoms with E-state index in [9.17, 15) is 0 Å². The van der Waals surface area contributed by atoms with Gasteiger partial charge in [0.1, 0.15) is 5.52 Å². The molecule has 0 saturated heterocycles. The van der Waals surface area contributed by atoms with Crippen LogP contribution in [0.25, 0.3) is 11.1 Å². The molecule has 1 aliphatic rings. The highest BCUT2D eigenvalue weighted by Gasteiger charge is 2.25. The topological polar surface area (TPSA) is 38.1 Å². The van der Waals surface area contributed by atoms with Crippen LogP contribution in [0.5, 0.6) is 0 Å². The predicted octanol–water partition coefficient (Wildman–Crippen LogP) is 4.63. The summed E-state index contributed by atoms with van der Waals surface area (Å²) in [5.74, 6) is 1.49. The van der Waals surface area contributed by atoms with Crippen molar-refractivity contribution in [3.05, 3.63) is 59.5 Å². The Morgan fingerprint density at radius 3 is 2.90 bits per heavy atom. The molecule has 0 aliphatic heterocycles. The van der Waals surface area contributed by atoms with Gasteiger partial charge in [-0.05, 0) is 48.1 Å². The molecule has 1 N–H and O–H groups in total. The van der Waals surface area contributed by atoms with E-state index in [0.29, 0.717) is 5.89 Å². The van der Waals surface area contributed by atoms with Crippen LogP contribution in [0, 0.1) is 6.92 Å². The van der Waals surface area contributed by atoms with Crippen molar-refractivity contribution < 1.29 is 4.42 Å². The molecule has 1 saturated carbocycles. The Balaban J connectivity index is 1.55. The minimum Gasteiger partial charge on any atom is -0.441 e. The first-order chi connectivity index (χ1) is 10.3. The molecule has 4 rings (SSSR count). The monoisotopic (exact) mass is 278 g/mol. The molecule has 1 heterocycles. The second-order valence-electron chi connectivity index (χ2n) is 5.74. The molecule has 0 unspecified atom stereocenters. The van der Waals surface area contributed by atoms with Crippen LogP contribution in [0.2, 0.25) is 0 Å². The van der Waals surface area contributed by atoms with Gasteiger partial charge in [0.05, 0.1) is 0 Å². The van der Waals surface area contributed by atoms with Crippen molar-refractivity contribution in [1.29, 1.82) is 0 Å². The standard InChI is InChI=1S/C18H18N2O/c1-12-20-17-10-15(8-9-18(17)21-12)19-11-14-4-2-3-5-16(14)13-6-7-13/h2-5,8-10,13,19H,6-7,11H2,1H3. The second-order valence-corrected chi connectivity index (χ2v) is 5.74. The lowest BCUT2D eigenvalue weighted by Gasteiger charge is -2.10. The highest BCUT2D eigenvalue weighted by molar-refractivity contribution is 5.77. The maximum Gasteiger partial charge on any atom is 0.192 e. The maximum atomic E-state index is 5.51. The van der Waals surface area contributed by atoms with E-state index in [0.717, 1.165) is 29.2 Å². The molecular formula is C18H18N2O. The Bertz CT molecular complexity index is 787. The van der Waals surface area contributed by atoms with Crippen LogP contribution >= 0.6 is 0 Å². The fourth-order valence-electron chi connectivity index (χ4n) is 2.84. The molecule has 21 heavy (non-hydrogen) atoms. The normalized spacial score (nSPS) is 14.5. The number of nitrogens with zero attached hydrogens (tertiary/aromatic N) is 1. The summed E-state index contributed by atoms with van der Waals surface area (Å²) in [5.41, 5.74) is 5.74. The minimum absolute atomic E-state index is 0.709. The number of anilines is 1. The second kappa shape index (κ2) is 4.92. The quantitative estimate of drug-likeness (QED) is 0.756. The third kappa shape index (κ3) is 2.51. The lowest BCUT2D eigenvalue weighted by Crippen LogP contribution is -2.02. The summed E-state index contributed by atoms with van der Waals surface area (Å²) in [4.78, 5) is 4.38. The van der Waals surface area contributed by atoms with E-state index >= 15 is 0 Å². The van der Waals surface area contributed by atoms with Gasteiger partial charge in [-0.1, -0.05) is 24.3 Å². The Kier molecular flexibility index (Phi) is 2.92. The zero-order valence-corrected chi connectivity index (χ0v) is 12.1. The lowest BCUT2D eigenvalue weighted by atomic mass is 10.0. The van der Waals surface area contributed by atoms with E-state index in [2.05, 4.69) is 34.6 Å². The molecule has 0 radical (unpaired) electrons. The highest BCUT2D eigenvalue weighted by atomic mass is 16.3. The summed E-state index contributed by atoms with van der Waals surface area (Å²) >= 11 is 0. The molecule has 0 atom stereocenters. The molecule has 0 bridgehead atoms. The van der Waals surface area contributed by atoms with Gasteiger partial charge in [0.15, 0.2) is 11.5 Å². The number of nitrogens with one attached hydrogen (secondary N) is 1. The van der Waals surface area contributed by atoms with E-state index < -0.39 is 0 Å². The first-order valence-corrected chi connectivity index (χ1v) is 7.48. The van der Waals surface area contributed by atoms with Crippen LogP contribution in [0.1, 0.15) is 35.8 Å². The summed E-state index contributed by atoms with van der Waals surface area (Å²) < 4.78 is 5.51. The fraction of sp³-hybridized carbons (Fsp3) is 0.278. The number of aromatic nitrogens is 1. The van der Waals surface area contributed by atoms with E-state index in [1.165, 1.54) is 24.0 Å². The number of rotatable bonds is 4. The Morgan fingerprint density at radius 1 is 1.19 bits per heavy atom. The van der Waals surface area contributed by atoms with Crippen LogP contribution in [0.4, 0.5) is 5.69 Å². The average molecular weight is 278 g/mol. The molecule has 0 spiro atoms. The molecule has 2 aromatic carbocycles. The molecule has 3 nitrogen and oxygen atoms in total. The molecule has 1 aliphatic carbocycles. The van der Waals surface area contributed by atoms with Gasteiger partial charge in [-0.3, -0.25) is 0 Å². The van der Waals surface area contributed by atoms with Gasteiger partial charge in [-0.2, -0.15) is 0 Å². The number of hydrogen-bond donors (Lipinski definition) is 1. The zero-order chi connectivity index (χ0) is 14.2. The van der Waals surface area contributed by atoms with Gasteiger partial charge >= 0.3 is 0 Å². The largest absolute Gasteiger partial charge is 0.441 e. The summed E-state index contributed by atoms with van der Waals surface area (Å²) in [7, 11) is 0. The van der Waals surface area contributed by atoms with Crippen molar-refractivity contribution in [2.24, 2.45) is 0 Å². The lowest BCUT2D eigenvalue weighted by molar-refractivity contribution is 0.561. The van der Waals surface area contributed by atoms with Crippen molar-refractivity contribution in [3.63, 3.8) is 0 Å². The average Bonchev–Trinajstić information content (AvgIpc) is 3.26. The molecule has 0 amide bonds. The van der Waals surface area contributed by atoms with Crippen molar-refractivity contribution in [2.75, 3.05) is 5.32 Å². The minimum atomic E-state index is 0.709. The van der Waals surface area contributed by atoms with Gasteiger partial charge in [0.2, 0.25) is 0 Å². The van der Waals surface area contributed by atoms with Crippen molar-refractivity contribution in [2.45, 2.75) is 32.2 Å². The van der Waals surface area contributed by atoms with E-state index in [4.69, 9.17) is 4.42 Å². The molecule has 106 valence electrons. The molecular weight excluding hydrogens is 260 g/mol. The smallest absolute Gasteiger partial charge is 0.192 e. The van der Waals surface area contributed by atoms with Crippen LogP contribution in [0.15, 0.2) is 46.9 Å². The number of oxazole rings is 1. The number of benzene rings is 2. The van der Waals surface area contributed by atoms with Crippen LogP contribution in [-0.2, 0) is 6.54 Å². The SMILES string of the molecule is Cc1nc2cc(NCc3ccccc3C3CC3)ccc2o1. The first kappa shape index (κ1) is 12.5. The first-order valence-electron chi connectivity index (χ1n) is 7.48. The van der Waals surface area contributed by atoms with E-state index in [1.54, 1.807) is 0 Å². The van der Waals surface area contributed by atoms with Gasteiger partial charge in [0, 0.05) is 19.2 Å². The van der Waals surface area contributed by atoms with Crippen LogP contribution in [0.3, 0.4) is 0 Å². The maximum absolute atomic E-state index is 5.51. The van der Waals surface area contributed by atoms with Crippen molar-refractivity contribution >= 4 is 16.8 Å². The van der Waals surface area contributed by atoms with Crippen molar-refractivity contribution in [3.8, 4) is 0 Å². The van der Waals surface area contributed by atoms with E-state index in [-0.39, 0.29) is 0 Å². The molecule has 3 heteroatoms. The Hall–Kier alpha value is -2.29. The molecule has 1 fully saturated rings. The number of fused-ring (bicyclic) bond motifs is 1. The Labute approximate surface area is 124 Å². The van der Waals surface area contributed by atoms with Crippen LogP contribution < -0.4 is 5.32 Å². The molecule has 1 aromatic heterocycles. The van der Waals surface area contributed by atoms with Gasteiger partial charge in [-0.25, -0.2) is 4.98 Å². The third-order valence-corrected chi connectivity index (χ3v) is 4.05. The summed E-state index contributed by atoms with van der Waals surface area (Å²) in [6.45, 7) is 2.73. The van der Waals surface area contributed by atoms with Crippen LogP contribution in [-0.4, -0.2) is 4.98 Å². The van der Waals surface area contributed by atoms with Gasteiger partial charge < -0.3 is 9.73 Å². The summed E-state index contributed by atoms with van der Waals surface area (Å²) in [6.07, 6.45) is 2.67. The van der Waals surface area contributed by atoms with E-state index in [1.807, 2.05) is 25.1 Å². The summed E-state index contributed by atoms with van der Waals surface area (Å²) in [5, 5.41) is 3.50. The zero-order valence-electron chi connectivity index (χ0n) is 12.1. The summed E-state index contributed by atoms with van der Waals surface area (Å²) in [6, 6.07) is 14.8. The highest BCUT2D eigenvalue weighted by Crippen LogP contribution is 2.41. The van der Waals surface area contributed by atoms with Crippen molar-refractivity contribution in [1.82, 2.24) is 4.98 Å².